The fourth-order valence-electron chi connectivity index (χ4n) is 3.15. The Morgan fingerprint density at radius 1 is 1.04 bits per heavy atom. The molecule has 24 heavy (non-hydrogen) atoms. The minimum Gasteiger partial charge on any atom is -0.490 e. The maximum absolute atomic E-state index is 5.95. The fraction of sp³-hybridized carbons (Fsp3) is 0.350. The smallest absolute Gasteiger partial charge is 0.142 e. The third-order valence-electron chi connectivity index (χ3n) is 4.53. The molecule has 0 aliphatic carbocycles. The lowest BCUT2D eigenvalue weighted by atomic mass is 10.0. The molecule has 0 amide bonds. The maximum Gasteiger partial charge on any atom is 0.142 e. The van der Waals surface area contributed by atoms with E-state index >= 15 is 0 Å². The molecular formula is C20H25N3O. The van der Waals surface area contributed by atoms with Gasteiger partial charge in [0, 0.05) is 5.92 Å². The maximum atomic E-state index is 5.95. The van der Waals surface area contributed by atoms with Crippen LogP contribution in [0.2, 0.25) is 0 Å². The van der Waals surface area contributed by atoms with Crippen LogP contribution in [0.1, 0.15) is 38.4 Å². The molecule has 3 rings (SSSR count). The molecule has 4 nitrogen and oxygen atoms in total. The van der Waals surface area contributed by atoms with E-state index in [1.165, 1.54) is 5.52 Å². The van der Waals surface area contributed by atoms with Crippen molar-refractivity contribution in [2.75, 3.05) is 12.3 Å². The molecule has 0 bridgehead atoms. The molecule has 1 heterocycles. The summed E-state index contributed by atoms with van der Waals surface area (Å²) in [7, 11) is 0. The molecule has 0 unspecified atom stereocenters. The van der Waals surface area contributed by atoms with Crippen LogP contribution in [-0.2, 0) is 6.54 Å². The summed E-state index contributed by atoms with van der Waals surface area (Å²) in [5, 5.41) is 0. The zero-order chi connectivity index (χ0) is 16.9. The molecule has 0 saturated carbocycles. The number of hydrogen-bond donors (Lipinski definition) is 1. The third-order valence-corrected chi connectivity index (χ3v) is 4.53. The molecule has 0 atom stereocenters. The number of aromatic nitrogens is 2. The Morgan fingerprint density at radius 3 is 2.50 bits per heavy atom. The molecule has 0 aliphatic rings. The zero-order valence-electron chi connectivity index (χ0n) is 14.4. The van der Waals surface area contributed by atoms with Gasteiger partial charge in [0.2, 0.25) is 0 Å². The van der Waals surface area contributed by atoms with E-state index in [0.29, 0.717) is 18.2 Å². The van der Waals surface area contributed by atoms with Crippen LogP contribution in [0.15, 0.2) is 48.5 Å². The van der Waals surface area contributed by atoms with Gasteiger partial charge in [-0.2, -0.15) is 0 Å². The molecule has 3 aromatic rings. The van der Waals surface area contributed by atoms with Crippen LogP contribution in [0, 0.1) is 0 Å². The highest BCUT2D eigenvalue weighted by atomic mass is 16.5. The minimum atomic E-state index is 0.471. The minimum absolute atomic E-state index is 0.471. The summed E-state index contributed by atoms with van der Waals surface area (Å²) >= 11 is 0. The van der Waals surface area contributed by atoms with Gasteiger partial charge in [0.1, 0.15) is 18.2 Å². The first-order valence-corrected chi connectivity index (χ1v) is 8.67. The predicted molar refractivity (Wildman–Crippen MR) is 99.4 cm³/mol. The van der Waals surface area contributed by atoms with Crippen LogP contribution in [0.4, 0.5) is 5.69 Å². The van der Waals surface area contributed by atoms with Crippen LogP contribution >= 0.6 is 0 Å². The van der Waals surface area contributed by atoms with E-state index < -0.39 is 0 Å². The number of ether oxygens (including phenoxy) is 1. The summed E-state index contributed by atoms with van der Waals surface area (Å²) in [6.07, 6.45) is 2.18. The van der Waals surface area contributed by atoms with Crippen molar-refractivity contribution in [1.29, 1.82) is 0 Å². The Labute approximate surface area is 143 Å². The molecule has 0 aliphatic heterocycles. The van der Waals surface area contributed by atoms with Crippen molar-refractivity contribution in [2.24, 2.45) is 0 Å². The lowest BCUT2D eigenvalue weighted by molar-refractivity contribution is 0.298. The number of rotatable bonds is 7. The van der Waals surface area contributed by atoms with Crippen LogP contribution in [-0.4, -0.2) is 16.2 Å². The van der Waals surface area contributed by atoms with Gasteiger partial charge < -0.3 is 15.0 Å². The van der Waals surface area contributed by atoms with Gasteiger partial charge in [-0.05, 0) is 37.1 Å². The Hall–Kier alpha value is -2.49. The topological polar surface area (TPSA) is 53.1 Å². The van der Waals surface area contributed by atoms with Crippen molar-refractivity contribution in [3.05, 3.63) is 54.4 Å². The highest BCUT2D eigenvalue weighted by Crippen LogP contribution is 2.27. The third kappa shape index (κ3) is 3.23. The molecule has 4 heteroatoms. The second kappa shape index (κ2) is 7.39. The van der Waals surface area contributed by atoms with E-state index in [1.807, 2.05) is 30.3 Å². The number of nitrogens with two attached hydrogens (primary N) is 1. The molecule has 0 fully saturated rings. The van der Waals surface area contributed by atoms with Gasteiger partial charge in [-0.3, -0.25) is 0 Å². The first-order chi connectivity index (χ1) is 11.7. The van der Waals surface area contributed by atoms with Gasteiger partial charge in [0.05, 0.1) is 23.3 Å². The number of anilines is 1. The number of benzene rings is 2. The molecule has 1 aromatic heterocycles. The first kappa shape index (κ1) is 16.4. The number of imidazole rings is 1. The lowest BCUT2D eigenvalue weighted by Crippen LogP contribution is -2.14. The Balaban J connectivity index is 1.84. The van der Waals surface area contributed by atoms with Gasteiger partial charge >= 0.3 is 0 Å². The highest BCUT2D eigenvalue weighted by Gasteiger charge is 2.17. The summed E-state index contributed by atoms with van der Waals surface area (Å²) in [4.78, 5) is 4.88. The molecule has 126 valence electrons. The average Bonchev–Trinajstić information content (AvgIpc) is 2.96. The monoisotopic (exact) mass is 323 g/mol. The van der Waals surface area contributed by atoms with Crippen molar-refractivity contribution >= 4 is 16.7 Å². The van der Waals surface area contributed by atoms with Crippen molar-refractivity contribution in [3.63, 3.8) is 0 Å². The van der Waals surface area contributed by atoms with Crippen LogP contribution in [0.3, 0.4) is 0 Å². The number of nitrogens with zero attached hydrogens (tertiary/aromatic N) is 2. The fourth-order valence-corrected chi connectivity index (χ4v) is 3.15. The van der Waals surface area contributed by atoms with E-state index in [-0.39, 0.29) is 0 Å². The summed E-state index contributed by atoms with van der Waals surface area (Å²) in [5.41, 5.74) is 8.85. The second-order valence-electron chi connectivity index (χ2n) is 6.01. The molecular weight excluding hydrogens is 298 g/mol. The van der Waals surface area contributed by atoms with Crippen LogP contribution < -0.4 is 10.5 Å². The normalized spacial score (nSPS) is 11.3. The summed E-state index contributed by atoms with van der Waals surface area (Å²) < 4.78 is 8.19. The van der Waals surface area contributed by atoms with Gasteiger partial charge in [-0.1, -0.05) is 38.1 Å². The van der Waals surface area contributed by atoms with Gasteiger partial charge in [-0.15, -0.1) is 0 Å². The molecule has 2 aromatic carbocycles. The van der Waals surface area contributed by atoms with Gasteiger partial charge in [0.25, 0.3) is 0 Å². The van der Waals surface area contributed by atoms with Gasteiger partial charge in [-0.25, -0.2) is 4.98 Å². The first-order valence-electron chi connectivity index (χ1n) is 8.67. The highest BCUT2D eigenvalue weighted by molar-refractivity contribution is 5.76. The number of para-hydroxylation sites is 4. The van der Waals surface area contributed by atoms with Crippen LogP contribution in [0.25, 0.3) is 11.0 Å². The second-order valence-corrected chi connectivity index (χ2v) is 6.01. The molecule has 0 spiro atoms. The Kier molecular flexibility index (Phi) is 5.04. The van der Waals surface area contributed by atoms with Crippen molar-refractivity contribution in [2.45, 2.75) is 39.2 Å². The van der Waals surface area contributed by atoms with Gasteiger partial charge in [0.15, 0.2) is 0 Å². The van der Waals surface area contributed by atoms with E-state index in [0.717, 1.165) is 36.5 Å². The quantitative estimate of drug-likeness (QED) is 0.646. The summed E-state index contributed by atoms with van der Waals surface area (Å²) in [6, 6.07) is 15.9. The largest absolute Gasteiger partial charge is 0.490 e. The number of hydrogen-bond acceptors (Lipinski definition) is 3. The summed E-state index contributed by atoms with van der Waals surface area (Å²) in [5.74, 6) is 2.37. The van der Waals surface area contributed by atoms with E-state index in [4.69, 9.17) is 15.5 Å². The number of nitrogen functional groups attached to an aromatic ring is 1. The Bertz CT molecular complexity index is 806. The van der Waals surface area contributed by atoms with Crippen molar-refractivity contribution in [3.8, 4) is 5.75 Å². The van der Waals surface area contributed by atoms with E-state index in [1.54, 1.807) is 0 Å². The van der Waals surface area contributed by atoms with Crippen molar-refractivity contribution < 1.29 is 4.74 Å². The molecule has 0 radical (unpaired) electrons. The average molecular weight is 323 g/mol. The zero-order valence-corrected chi connectivity index (χ0v) is 14.4. The standard InChI is InChI=1S/C20H25N3O/c1-3-15(4-2)20-22-17-10-6-7-11-18(17)23(20)13-14-24-19-12-8-5-9-16(19)21/h5-12,15H,3-4,13-14,21H2,1-2H3. The van der Waals surface area contributed by atoms with E-state index in [9.17, 15) is 0 Å². The molecule has 0 saturated heterocycles. The number of fused-ring (bicyclic) bond motifs is 1. The lowest BCUT2D eigenvalue weighted by Gasteiger charge is -2.16. The Morgan fingerprint density at radius 2 is 1.75 bits per heavy atom. The van der Waals surface area contributed by atoms with Crippen LogP contribution in [0.5, 0.6) is 5.75 Å². The van der Waals surface area contributed by atoms with Crippen molar-refractivity contribution in [1.82, 2.24) is 9.55 Å². The SMILES string of the molecule is CCC(CC)c1nc2ccccc2n1CCOc1ccccc1N. The summed E-state index contributed by atoms with van der Waals surface area (Å²) in [6.45, 7) is 5.78. The molecule has 2 N–H and O–H groups in total. The predicted octanol–water partition coefficient (Wildman–Crippen LogP) is 4.60. The van der Waals surface area contributed by atoms with E-state index in [2.05, 4.69) is 36.6 Å².